The van der Waals surface area contributed by atoms with Gasteiger partial charge in [0.2, 0.25) is 5.91 Å². The first kappa shape index (κ1) is 29.2. The van der Waals surface area contributed by atoms with Crippen LogP contribution in [0.3, 0.4) is 0 Å². The monoisotopic (exact) mass is 479 g/mol. The third-order valence-corrected chi connectivity index (χ3v) is 4.33. The van der Waals surface area contributed by atoms with Gasteiger partial charge in [-0.15, -0.1) is 0 Å². The van der Waals surface area contributed by atoms with E-state index >= 15 is 0 Å². The molecule has 1 aromatic carbocycles. The van der Waals surface area contributed by atoms with Gasteiger partial charge in [-0.2, -0.15) is 0 Å². The molecule has 1 rings (SSSR count). The third-order valence-electron chi connectivity index (χ3n) is 4.33. The summed E-state index contributed by atoms with van der Waals surface area (Å²) in [6.07, 6.45) is 1.18. The number of unbranched alkanes of at least 4 members (excludes halogenated alkanes) is 2. The molecule has 0 unspecified atom stereocenters. The Balaban J connectivity index is 2.37. The number of carbonyl (C=O) groups is 3. The van der Waals surface area contributed by atoms with Crippen LogP contribution >= 0.6 is 0 Å². The Morgan fingerprint density at radius 2 is 1.44 bits per heavy atom. The molecular weight excluding hydrogens is 438 g/mol. The van der Waals surface area contributed by atoms with Crippen molar-refractivity contribution in [2.75, 3.05) is 19.7 Å². The summed E-state index contributed by atoms with van der Waals surface area (Å²) in [4.78, 5) is 36.5. The smallest absolute Gasteiger partial charge is 0.408 e. The van der Waals surface area contributed by atoms with Crippen molar-refractivity contribution in [3.63, 3.8) is 0 Å². The summed E-state index contributed by atoms with van der Waals surface area (Å²) < 4.78 is 16.1. The molecule has 0 aliphatic rings. The molecule has 3 N–H and O–H groups in total. The Bertz CT molecular complexity index is 756. The molecule has 0 aliphatic heterocycles. The first-order valence-corrected chi connectivity index (χ1v) is 11.7. The number of carbonyl (C=O) groups excluding carboxylic acids is 3. The molecule has 0 heterocycles. The average molecular weight is 480 g/mol. The molecule has 0 bridgehead atoms. The highest BCUT2D eigenvalue weighted by Gasteiger charge is 2.24. The largest absolute Gasteiger partial charge is 0.445 e. The van der Waals surface area contributed by atoms with Gasteiger partial charge in [-0.05, 0) is 66.4 Å². The Morgan fingerprint density at radius 1 is 0.824 bits per heavy atom. The highest BCUT2D eigenvalue weighted by molar-refractivity contribution is 5.85. The highest BCUT2D eigenvalue weighted by atomic mass is 16.6. The molecule has 9 heteroatoms. The van der Waals surface area contributed by atoms with E-state index in [-0.39, 0.29) is 19.1 Å². The number of hydrogen-bond acceptors (Lipinski definition) is 6. The van der Waals surface area contributed by atoms with Crippen molar-refractivity contribution in [1.82, 2.24) is 16.0 Å². The lowest BCUT2D eigenvalue weighted by molar-refractivity contribution is -0.126. The molecule has 0 fully saturated rings. The molecule has 1 aromatic rings. The molecule has 34 heavy (non-hydrogen) atoms. The topological polar surface area (TPSA) is 115 Å². The minimum absolute atomic E-state index is 0.0234. The van der Waals surface area contributed by atoms with Crippen LogP contribution in [0.25, 0.3) is 0 Å². The van der Waals surface area contributed by atoms with E-state index in [0.29, 0.717) is 13.1 Å². The molecule has 1 atom stereocenters. The molecule has 0 aliphatic carbocycles. The average Bonchev–Trinajstić information content (AvgIpc) is 2.73. The van der Waals surface area contributed by atoms with Gasteiger partial charge in [0.1, 0.15) is 18.2 Å². The van der Waals surface area contributed by atoms with Crippen molar-refractivity contribution in [2.24, 2.45) is 0 Å². The van der Waals surface area contributed by atoms with Crippen LogP contribution in [0.5, 0.6) is 0 Å². The molecule has 9 nitrogen and oxygen atoms in total. The summed E-state index contributed by atoms with van der Waals surface area (Å²) in [5.74, 6) is -0.340. The van der Waals surface area contributed by atoms with Crippen LogP contribution in [0.15, 0.2) is 30.3 Å². The van der Waals surface area contributed by atoms with Gasteiger partial charge in [-0.3, -0.25) is 4.79 Å². The Hall–Kier alpha value is -2.81. The van der Waals surface area contributed by atoms with Crippen molar-refractivity contribution >= 4 is 18.1 Å². The van der Waals surface area contributed by atoms with E-state index in [9.17, 15) is 14.4 Å². The Morgan fingerprint density at radius 3 is 2.03 bits per heavy atom. The van der Waals surface area contributed by atoms with Gasteiger partial charge in [0.05, 0.1) is 12.2 Å². The van der Waals surface area contributed by atoms with E-state index in [1.807, 2.05) is 71.9 Å². The van der Waals surface area contributed by atoms with E-state index < -0.39 is 29.4 Å². The van der Waals surface area contributed by atoms with Gasteiger partial charge < -0.3 is 30.2 Å². The normalized spacial score (nSPS) is 12.4. The first-order valence-electron chi connectivity index (χ1n) is 11.7. The second kappa shape index (κ2) is 14.5. The fraction of sp³-hybridized carbons (Fsp3) is 0.640. The van der Waals surface area contributed by atoms with Crippen LogP contribution in [-0.4, -0.2) is 55.0 Å². The maximum atomic E-state index is 12.6. The lowest BCUT2D eigenvalue weighted by atomic mass is 10.2. The molecule has 0 spiro atoms. The second-order valence-electron chi connectivity index (χ2n) is 9.96. The Labute approximate surface area is 203 Å². The fourth-order valence-corrected chi connectivity index (χ4v) is 2.69. The van der Waals surface area contributed by atoms with Gasteiger partial charge in [0.25, 0.3) is 0 Å². The lowest BCUT2D eigenvalue weighted by Gasteiger charge is -2.24. The van der Waals surface area contributed by atoms with E-state index in [2.05, 4.69) is 16.0 Å². The number of alkyl carbamates (subject to hydrolysis) is 2. The van der Waals surface area contributed by atoms with Crippen molar-refractivity contribution in [3.8, 4) is 0 Å². The zero-order valence-corrected chi connectivity index (χ0v) is 21.4. The van der Waals surface area contributed by atoms with Crippen LogP contribution in [-0.2, 0) is 25.6 Å². The van der Waals surface area contributed by atoms with Gasteiger partial charge in [-0.25, -0.2) is 9.59 Å². The number of rotatable bonds is 12. The molecule has 192 valence electrons. The standard InChI is InChI=1S/C25H41N3O6/c1-24(2,3)33-18-20(28-23(31)32-17-19-13-9-7-10-14-19)21(29)26-15-11-8-12-16-27-22(30)34-25(4,5)6/h7,9-10,13-14,20H,8,11-12,15-18H2,1-6H3,(H,26,29)(H,27,30)(H,28,31)/t20-/m0/s1. The Kier molecular flexibility index (Phi) is 12.4. The summed E-state index contributed by atoms with van der Waals surface area (Å²) in [5, 5.41) is 8.13. The highest BCUT2D eigenvalue weighted by Crippen LogP contribution is 2.08. The number of ether oxygens (including phenoxy) is 3. The summed E-state index contributed by atoms with van der Waals surface area (Å²) >= 11 is 0. The number of benzene rings is 1. The quantitative estimate of drug-likeness (QED) is 0.392. The zero-order valence-electron chi connectivity index (χ0n) is 21.4. The van der Waals surface area contributed by atoms with Crippen molar-refractivity contribution in [2.45, 2.75) is 84.7 Å². The summed E-state index contributed by atoms with van der Waals surface area (Å²) in [6, 6.07) is 8.42. The molecular formula is C25H41N3O6. The summed E-state index contributed by atoms with van der Waals surface area (Å²) in [7, 11) is 0. The molecule has 0 aromatic heterocycles. The second-order valence-corrected chi connectivity index (χ2v) is 9.96. The SMILES string of the molecule is CC(C)(C)OC[C@H](NC(=O)OCc1ccccc1)C(=O)NCCCCCNC(=O)OC(C)(C)C. The van der Waals surface area contributed by atoms with Crippen molar-refractivity contribution in [3.05, 3.63) is 35.9 Å². The van der Waals surface area contributed by atoms with Gasteiger partial charge >= 0.3 is 12.2 Å². The third kappa shape index (κ3) is 15.1. The number of nitrogens with one attached hydrogen (secondary N) is 3. The van der Waals surface area contributed by atoms with Gasteiger partial charge in [0, 0.05) is 13.1 Å². The first-order chi connectivity index (χ1) is 15.9. The van der Waals surface area contributed by atoms with Crippen LogP contribution in [0.2, 0.25) is 0 Å². The summed E-state index contributed by atoms with van der Waals surface area (Å²) in [6.45, 7) is 12.1. The maximum absolute atomic E-state index is 12.6. The van der Waals surface area contributed by atoms with Gasteiger partial charge in [-0.1, -0.05) is 30.3 Å². The van der Waals surface area contributed by atoms with E-state index in [1.165, 1.54) is 0 Å². The van der Waals surface area contributed by atoms with E-state index in [0.717, 1.165) is 24.8 Å². The zero-order chi connectivity index (χ0) is 25.6. The molecule has 3 amide bonds. The predicted molar refractivity (Wildman–Crippen MR) is 130 cm³/mol. The van der Waals surface area contributed by atoms with Crippen molar-refractivity contribution < 1.29 is 28.6 Å². The van der Waals surface area contributed by atoms with E-state index in [1.54, 1.807) is 0 Å². The van der Waals surface area contributed by atoms with Crippen LogP contribution in [0, 0.1) is 0 Å². The number of amides is 3. The predicted octanol–water partition coefficient (Wildman–Crippen LogP) is 3.91. The minimum Gasteiger partial charge on any atom is -0.445 e. The molecule has 0 radical (unpaired) electrons. The summed E-state index contributed by atoms with van der Waals surface area (Å²) in [5.41, 5.74) is -0.135. The minimum atomic E-state index is -0.878. The maximum Gasteiger partial charge on any atom is 0.408 e. The molecule has 0 saturated heterocycles. The van der Waals surface area contributed by atoms with Crippen LogP contribution in [0.1, 0.15) is 66.4 Å². The molecule has 0 saturated carbocycles. The van der Waals surface area contributed by atoms with Crippen LogP contribution < -0.4 is 16.0 Å². The fourth-order valence-electron chi connectivity index (χ4n) is 2.69. The van der Waals surface area contributed by atoms with Crippen molar-refractivity contribution in [1.29, 1.82) is 0 Å². The van der Waals surface area contributed by atoms with E-state index in [4.69, 9.17) is 14.2 Å². The number of hydrogen-bond donors (Lipinski definition) is 3. The van der Waals surface area contributed by atoms with Crippen LogP contribution in [0.4, 0.5) is 9.59 Å². The lowest BCUT2D eigenvalue weighted by Crippen LogP contribution is -2.50. The van der Waals surface area contributed by atoms with Gasteiger partial charge in [0.15, 0.2) is 0 Å².